The van der Waals surface area contributed by atoms with Gasteiger partial charge in [0.25, 0.3) is 5.69 Å². The molecule has 4 aromatic rings. The van der Waals surface area contributed by atoms with Crippen LogP contribution in [0.1, 0.15) is 33.0 Å². The Labute approximate surface area is 227 Å². The number of non-ortho nitro benzene ring substituents is 1. The molecular formula is C30H20FN3O6. The number of halogens is 1. The molecule has 4 aromatic carbocycles. The summed E-state index contributed by atoms with van der Waals surface area (Å²) in [5, 5.41) is 20.7. The van der Waals surface area contributed by atoms with E-state index in [1.165, 1.54) is 42.5 Å². The lowest BCUT2D eigenvalue weighted by Crippen LogP contribution is -2.21. The zero-order valence-electron chi connectivity index (χ0n) is 20.7. The molecule has 1 aliphatic heterocycles. The zero-order chi connectivity index (χ0) is 28.2. The minimum atomic E-state index is -0.713. The minimum absolute atomic E-state index is 0.0866. The molecule has 2 N–H and O–H groups in total. The van der Waals surface area contributed by atoms with Crippen LogP contribution in [0.25, 0.3) is 0 Å². The first-order valence-corrected chi connectivity index (χ1v) is 12.0. The fourth-order valence-corrected chi connectivity index (χ4v) is 4.26. The number of nitro groups is 1. The highest BCUT2D eigenvalue weighted by molar-refractivity contribution is 5.91. The number of ether oxygens (including phenoxy) is 3. The van der Waals surface area contributed by atoms with Crippen LogP contribution < -0.4 is 19.9 Å². The molecule has 0 aliphatic carbocycles. The molecule has 5 rings (SSSR count). The normalized spacial score (nSPS) is 13.9. The molecule has 10 heteroatoms. The molecule has 0 amide bonds. The van der Waals surface area contributed by atoms with E-state index in [4.69, 9.17) is 19.9 Å². The second-order valence-corrected chi connectivity index (χ2v) is 8.81. The van der Waals surface area contributed by atoms with E-state index in [9.17, 15) is 24.6 Å². The molecule has 1 heterocycles. The summed E-state index contributed by atoms with van der Waals surface area (Å²) in [5.41, 5.74) is 8.43. The van der Waals surface area contributed by atoms with Crippen LogP contribution in [0.15, 0.2) is 102 Å². The van der Waals surface area contributed by atoms with Gasteiger partial charge in [0.15, 0.2) is 0 Å². The summed E-state index contributed by atoms with van der Waals surface area (Å²) in [6.07, 6.45) is 0. The van der Waals surface area contributed by atoms with Crippen LogP contribution in [-0.4, -0.2) is 10.9 Å². The van der Waals surface area contributed by atoms with Crippen molar-refractivity contribution in [3.05, 3.63) is 141 Å². The first-order valence-electron chi connectivity index (χ1n) is 12.0. The molecule has 0 saturated heterocycles. The molecule has 0 spiro atoms. The number of nitriles is 1. The predicted molar refractivity (Wildman–Crippen MR) is 141 cm³/mol. The van der Waals surface area contributed by atoms with Gasteiger partial charge in [0.1, 0.15) is 41.3 Å². The average Bonchev–Trinajstić information content (AvgIpc) is 2.96. The topological polar surface area (TPSA) is 138 Å². The fourth-order valence-electron chi connectivity index (χ4n) is 4.26. The van der Waals surface area contributed by atoms with Crippen molar-refractivity contribution in [2.75, 3.05) is 0 Å². The Morgan fingerprint density at radius 2 is 1.77 bits per heavy atom. The van der Waals surface area contributed by atoms with Gasteiger partial charge in [-0.25, -0.2) is 9.18 Å². The van der Waals surface area contributed by atoms with Gasteiger partial charge in [0.2, 0.25) is 5.88 Å². The molecule has 1 aliphatic rings. The Hall–Kier alpha value is -5.69. The van der Waals surface area contributed by atoms with Gasteiger partial charge in [-0.15, -0.1) is 0 Å². The molecule has 1 unspecified atom stereocenters. The van der Waals surface area contributed by atoms with Gasteiger partial charge in [-0.2, -0.15) is 5.26 Å². The molecule has 198 valence electrons. The number of rotatable bonds is 7. The molecule has 9 nitrogen and oxygen atoms in total. The lowest BCUT2D eigenvalue weighted by atomic mass is 9.83. The first-order chi connectivity index (χ1) is 19.3. The lowest BCUT2D eigenvalue weighted by molar-refractivity contribution is -0.384. The Morgan fingerprint density at radius 1 is 1.02 bits per heavy atom. The Bertz CT molecular complexity index is 1680. The molecule has 0 bridgehead atoms. The summed E-state index contributed by atoms with van der Waals surface area (Å²) in [6.45, 7) is 0.223. The lowest BCUT2D eigenvalue weighted by Gasteiger charge is -2.27. The van der Waals surface area contributed by atoms with E-state index in [-0.39, 0.29) is 40.9 Å². The SMILES string of the molecule is N#CC1=C(N)Oc2cc(OC(=O)c3ccc([N+](=O)[O-])cc3)ccc2C1c1cccc(OCc2ccc(F)cc2)c1. The number of hydrogen-bond acceptors (Lipinski definition) is 8. The van der Waals surface area contributed by atoms with E-state index in [0.29, 0.717) is 17.1 Å². The predicted octanol–water partition coefficient (Wildman–Crippen LogP) is 5.75. The second-order valence-electron chi connectivity index (χ2n) is 8.81. The third-order valence-electron chi connectivity index (χ3n) is 6.23. The van der Waals surface area contributed by atoms with Gasteiger partial charge in [-0.3, -0.25) is 10.1 Å². The van der Waals surface area contributed by atoms with Gasteiger partial charge in [0, 0.05) is 23.8 Å². The number of fused-ring (bicyclic) bond motifs is 1. The molecule has 0 saturated carbocycles. The van der Waals surface area contributed by atoms with Gasteiger partial charge >= 0.3 is 5.97 Å². The average molecular weight is 538 g/mol. The fraction of sp³-hybridized carbons (Fsp3) is 0.0667. The molecule has 0 radical (unpaired) electrons. The van der Waals surface area contributed by atoms with Crippen LogP contribution in [0.4, 0.5) is 10.1 Å². The summed E-state index contributed by atoms with van der Waals surface area (Å²) in [5.74, 6) is -0.715. The number of allylic oxidation sites excluding steroid dienone is 1. The second kappa shape index (κ2) is 11.0. The van der Waals surface area contributed by atoms with Crippen LogP contribution in [0.2, 0.25) is 0 Å². The number of benzene rings is 4. The number of esters is 1. The molecule has 1 atom stereocenters. The summed E-state index contributed by atoms with van der Waals surface area (Å²) < 4.78 is 30.2. The zero-order valence-corrected chi connectivity index (χ0v) is 20.7. The van der Waals surface area contributed by atoms with Crippen molar-refractivity contribution in [1.29, 1.82) is 5.26 Å². The van der Waals surface area contributed by atoms with Crippen LogP contribution in [0, 0.1) is 27.3 Å². The highest BCUT2D eigenvalue weighted by atomic mass is 19.1. The van der Waals surface area contributed by atoms with E-state index in [0.717, 1.165) is 11.1 Å². The van der Waals surface area contributed by atoms with Gasteiger partial charge in [-0.05, 0) is 53.6 Å². The Balaban J connectivity index is 1.39. The smallest absolute Gasteiger partial charge is 0.343 e. The van der Waals surface area contributed by atoms with E-state index in [2.05, 4.69) is 6.07 Å². The number of nitro benzene ring substituents is 1. The van der Waals surface area contributed by atoms with Crippen molar-refractivity contribution in [3.8, 4) is 23.3 Å². The quantitative estimate of drug-likeness (QED) is 0.136. The van der Waals surface area contributed by atoms with Crippen LogP contribution in [-0.2, 0) is 6.61 Å². The maximum absolute atomic E-state index is 13.2. The summed E-state index contributed by atoms with van der Waals surface area (Å²) >= 11 is 0. The number of nitrogens with zero attached hydrogens (tertiary/aromatic N) is 2. The van der Waals surface area contributed by atoms with Crippen molar-refractivity contribution in [3.63, 3.8) is 0 Å². The molecule has 0 fully saturated rings. The van der Waals surface area contributed by atoms with Crippen LogP contribution >= 0.6 is 0 Å². The number of carbonyl (C=O) groups excluding carboxylic acids is 1. The third kappa shape index (κ3) is 5.44. The van der Waals surface area contributed by atoms with E-state index >= 15 is 0 Å². The van der Waals surface area contributed by atoms with E-state index in [1.54, 1.807) is 42.5 Å². The van der Waals surface area contributed by atoms with Gasteiger partial charge < -0.3 is 19.9 Å². The highest BCUT2D eigenvalue weighted by Gasteiger charge is 2.31. The Morgan fingerprint density at radius 3 is 2.48 bits per heavy atom. The maximum atomic E-state index is 13.2. The van der Waals surface area contributed by atoms with Crippen LogP contribution in [0.3, 0.4) is 0 Å². The third-order valence-corrected chi connectivity index (χ3v) is 6.23. The van der Waals surface area contributed by atoms with Crippen molar-refractivity contribution >= 4 is 11.7 Å². The maximum Gasteiger partial charge on any atom is 0.343 e. The van der Waals surface area contributed by atoms with E-state index in [1.807, 2.05) is 6.07 Å². The molecular weight excluding hydrogens is 517 g/mol. The van der Waals surface area contributed by atoms with Crippen LogP contribution in [0.5, 0.6) is 17.2 Å². The first kappa shape index (κ1) is 25.9. The number of nitrogens with two attached hydrogens (primary N) is 1. The van der Waals surface area contributed by atoms with Crippen molar-refractivity contribution in [2.45, 2.75) is 12.5 Å². The largest absolute Gasteiger partial charge is 0.489 e. The van der Waals surface area contributed by atoms with Crippen molar-refractivity contribution in [1.82, 2.24) is 0 Å². The summed E-state index contributed by atoms with van der Waals surface area (Å²) in [4.78, 5) is 22.9. The highest BCUT2D eigenvalue weighted by Crippen LogP contribution is 2.44. The summed E-state index contributed by atoms with van der Waals surface area (Å²) in [7, 11) is 0. The van der Waals surface area contributed by atoms with Crippen molar-refractivity contribution in [2.24, 2.45) is 5.73 Å². The number of carbonyl (C=O) groups is 1. The standard InChI is InChI=1S/C30H20FN3O6/c31-21-8-4-18(5-9-21)17-38-23-3-1-2-20(14-23)28-25-13-12-24(15-27(25)40-29(33)26(28)16-32)39-30(35)19-6-10-22(11-7-19)34(36)37/h1-15,28H,17,33H2. The Kier molecular flexibility index (Phi) is 7.11. The monoisotopic (exact) mass is 537 g/mol. The van der Waals surface area contributed by atoms with Gasteiger partial charge in [0.05, 0.1) is 16.4 Å². The number of hydrogen-bond donors (Lipinski definition) is 1. The minimum Gasteiger partial charge on any atom is -0.489 e. The summed E-state index contributed by atoms with van der Waals surface area (Å²) in [6, 6.07) is 25.0. The van der Waals surface area contributed by atoms with E-state index < -0.39 is 16.8 Å². The molecule has 0 aromatic heterocycles. The van der Waals surface area contributed by atoms with Gasteiger partial charge in [-0.1, -0.05) is 30.3 Å². The van der Waals surface area contributed by atoms with Crippen molar-refractivity contribution < 1.29 is 28.3 Å². The molecule has 40 heavy (non-hydrogen) atoms.